The number of benzene rings is 1. The second-order valence-corrected chi connectivity index (χ2v) is 4.21. The lowest BCUT2D eigenvalue weighted by atomic mass is 10.00. The third kappa shape index (κ3) is 3.22. The summed E-state index contributed by atoms with van der Waals surface area (Å²) in [6.45, 7) is 1.48. The van der Waals surface area contributed by atoms with E-state index in [0.717, 1.165) is 18.6 Å². The van der Waals surface area contributed by atoms with Crippen LogP contribution in [0, 0.1) is 5.92 Å². The van der Waals surface area contributed by atoms with Gasteiger partial charge in [0.25, 0.3) is 0 Å². The van der Waals surface area contributed by atoms with Gasteiger partial charge in [-0.05, 0) is 25.0 Å². The van der Waals surface area contributed by atoms with E-state index in [2.05, 4.69) is 0 Å². The predicted octanol–water partition coefficient (Wildman–Crippen LogP) is 1.85. The second kappa shape index (κ2) is 5.87. The SMILES string of the molecule is OC[C@H]1CC[C@@H](COc2ccccc2)OC1. The first-order valence-corrected chi connectivity index (χ1v) is 5.79. The summed E-state index contributed by atoms with van der Waals surface area (Å²) in [6.07, 6.45) is 2.17. The zero-order valence-electron chi connectivity index (χ0n) is 9.34. The van der Waals surface area contributed by atoms with Crippen molar-refractivity contribution in [2.45, 2.75) is 18.9 Å². The van der Waals surface area contributed by atoms with E-state index in [4.69, 9.17) is 14.6 Å². The Kier molecular flexibility index (Phi) is 4.19. The first kappa shape index (κ1) is 11.4. The molecule has 1 aromatic carbocycles. The minimum Gasteiger partial charge on any atom is -0.491 e. The van der Waals surface area contributed by atoms with E-state index < -0.39 is 0 Å². The Balaban J connectivity index is 1.72. The molecule has 0 amide bonds. The van der Waals surface area contributed by atoms with E-state index in [0.29, 0.717) is 19.1 Å². The van der Waals surface area contributed by atoms with Gasteiger partial charge in [-0.3, -0.25) is 0 Å². The summed E-state index contributed by atoms with van der Waals surface area (Å²) < 4.78 is 11.2. The second-order valence-electron chi connectivity index (χ2n) is 4.21. The minimum atomic E-state index is 0.169. The van der Waals surface area contributed by atoms with Gasteiger partial charge in [0.2, 0.25) is 0 Å². The van der Waals surface area contributed by atoms with Gasteiger partial charge in [0, 0.05) is 12.5 Å². The molecule has 0 radical (unpaired) electrons. The molecule has 88 valence electrons. The van der Waals surface area contributed by atoms with Crippen LogP contribution in [0.5, 0.6) is 5.75 Å². The molecule has 0 unspecified atom stereocenters. The molecule has 2 rings (SSSR count). The molecule has 3 heteroatoms. The topological polar surface area (TPSA) is 38.7 Å². The molecule has 0 bridgehead atoms. The van der Waals surface area contributed by atoms with E-state index in [1.807, 2.05) is 30.3 Å². The standard InChI is InChI=1S/C13H18O3/c14-8-11-6-7-13(15-9-11)10-16-12-4-2-1-3-5-12/h1-5,11,13-14H,6-10H2/t11-,13+/m1/s1. The van der Waals surface area contributed by atoms with E-state index in [-0.39, 0.29) is 12.7 Å². The van der Waals surface area contributed by atoms with Gasteiger partial charge >= 0.3 is 0 Å². The Hall–Kier alpha value is -1.06. The smallest absolute Gasteiger partial charge is 0.119 e. The molecule has 0 saturated carbocycles. The number of hydrogen-bond acceptors (Lipinski definition) is 3. The van der Waals surface area contributed by atoms with Crippen LogP contribution >= 0.6 is 0 Å². The molecule has 16 heavy (non-hydrogen) atoms. The first-order chi connectivity index (χ1) is 7.88. The van der Waals surface area contributed by atoms with E-state index in [9.17, 15) is 0 Å². The highest BCUT2D eigenvalue weighted by molar-refractivity contribution is 5.20. The molecular weight excluding hydrogens is 204 g/mol. The largest absolute Gasteiger partial charge is 0.491 e. The van der Waals surface area contributed by atoms with Crippen molar-refractivity contribution in [3.63, 3.8) is 0 Å². The number of hydrogen-bond donors (Lipinski definition) is 1. The zero-order valence-corrected chi connectivity index (χ0v) is 9.34. The van der Waals surface area contributed by atoms with Gasteiger partial charge in [-0.2, -0.15) is 0 Å². The van der Waals surface area contributed by atoms with Gasteiger partial charge in [0.1, 0.15) is 12.4 Å². The van der Waals surface area contributed by atoms with Gasteiger partial charge in [-0.15, -0.1) is 0 Å². The zero-order chi connectivity index (χ0) is 11.2. The molecule has 1 saturated heterocycles. The van der Waals surface area contributed by atoms with Crippen molar-refractivity contribution in [2.75, 3.05) is 19.8 Å². The molecule has 1 aliphatic rings. The molecular formula is C13H18O3. The van der Waals surface area contributed by atoms with Crippen LogP contribution in [0.25, 0.3) is 0 Å². The number of rotatable bonds is 4. The van der Waals surface area contributed by atoms with Gasteiger partial charge in [-0.1, -0.05) is 18.2 Å². The van der Waals surface area contributed by atoms with Crippen LogP contribution in [0.1, 0.15) is 12.8 Å². The van der Waals surface area contributed by atoms with Gasteiger partial charge in [0.15, 0.2) is 0 Å². The monoisotopic (exact) mass is 222 g/mol. The third-order valence-electron chi connectivity index (χ3n) is 2.90. The Morgan fingerprint density at radius 3 is 2.69 bits per heavy atom. The highest BCUT2D eigenvalue weighted by atomic mass is 16.5. The van der Waals surface area contributed by atoms with Crippen molar-refractivity contribution in [1.82, 2.24) is 0 Å². The molecule has 2 atom stereocenters. The molecule has 1 aromatic rings. The van der Waals surface area contributed by atoms with Crippen LogP contribution in [-0.4, -0.2) is 31.0 Å². The molecule has 1 fully saturated rings. The average molecular weight is 222 g/mol. The maximum atomic E-state index is 8.97. The maximum absolute atomic E-state index is 8.97. The molecule has 0 spiro atoms. The van der Waals surface area contributed by atoms with Crippen LogP contribution in [0.3, 0.4) is 0 Å². The third-order valence-corrected chi connectivity index (χ3v) is 2.90. The average Bonchev–Trinajstić information content (AvgIpc) is 2.38. The molecule has 1 N–H and O–H groups in total. The molecule has 0 aromatic heterocycles. The summed E-state index contributed by atoms with van der Waals surface area (Å²) >= 11 is 0. The van der Waals surface area contributed by atoms with Crippen LogP contribution < -0.4 is 4.74 Å². The van der Waals surface area contributed by atoms with Crippen LogP contribution in [0.2, 0.25) is 0 Å². The van der Waals surface area contributed by atoms with E-state index in [1.165, 1.54) is 0 Å². The summed E-state index contributed by atoms with van der Waals surface area (Å²) in [5.41, 5.74) is 0. The summed E-state index contributed by atoms with van der Waals surface area (Å²) in [4.78, 5) is 0. The van der Waals surface area contributed by atoms with Crippen LogP contribution in [0.15, 0.2) is 30.3 Å². The first-order valence-electron chi connectivity index (χ1n) is 5.79. The Labute approximate surface area is 96.0 Å². The quantitative estimate of drug-likeness (QED) is 0.845. The van der Waals surface area contributed by atoms with Crippen molar-refractivity contribution in [3.05, 3.63) is 30.3 Å². The van der Waals surface area contributed by atoms with Crippen molar-refractivity contribution in [3.8, 4) is 5.75 Å². The maximum Gasteiger partial charge on any atom is 0.119 e. The Morgan fingerprint density at radius 2 is 2.06 bits per heavy atom. The minimum absolute atomic E-state index is 0.169. The summed E-state index contributed by atoms with van der Waals surface area (Å²) in [7, 11) is 0. The summed E-state index contributed by atoms with van der Waals surface area (Å²) in [5, 5.41) is 8.97. The molecule has 1 heterocycles. The fourth-order valence-corrected chi connectivity index (χ4v) is 1.84. The van der Waals surface area contributed by atoms with Gasteiger partial charge < -0.3 is 14.6 Å². The van der Waals surface area contributed by atoms with Crippen molar-refractivity contribution >= 4 is 0 Å². The van der Waals surface area contributed by atoms with Gasteiger partial charge in [-0.25, -0.2) is 0 Å². The van der Waals surface area contributed by atoms with E-state index in [1.54, 1.807) is 0 Å². The molecule has 0 aliphatic carbocycles. The molecule has 3 nitrogen and oxygen atoms in total. The lowest BCUT2D eigenvalue weighted by Crippen LogP contribution is -2.31. The normalized spacial score (nSPS) is 25.3. The number of ether oxygens (including phenoxy) is 2. The number of para-hydroxylation sites is 1. The van der Waals surface area contributed by atoms with Crippen LogP contribution in [-0.2, 0) is 4.74 Å². The van der Waals surface area contributed by atoms with Crippen molar-refractivity contribution in [1.29, 1.82) is 0 Å². The fourth-order valence-electron chi connectivity index (χ4n) is 1.84. The highest BCUT2D eigenvalue weighted by Gasteiger charge is 2.21. The number of aliphatic hydroxyl groups excluding tert-OH is 1. The number of aliphatic hydroxyl groups is 1. The van der Waals surface area contributed by atoms with Gasteiger partial charge in [0.05, 0.1) is 12.7 Å². The summed E-state index contributed by atoms with van der Waals surface area (Å²) in [5.74, 6) is 1.20. The summed E-state index contributed by atoms with van der Waals surface area (Å²) in [6, 6.07) is 9.77. The Bertz CT molecular complexity index is 291. The van der Waals surface area contributed by atoms with Crippen molar-refractivity contribution in [2.24, 2.45) is 5.92 Å². The van der Waals surface area contributed by atoms with E-state index >= 15 is 0 Å². The highest BCUT2D eigenvalue weighted by Crippen LogP contribution is 2.19. The Morgan fingerprint density at radius 1 is 1.25 bits per heavy atom. The predicted molar refractivity (Wildman–Crippen MR) is 61.5 cm³/mol. The lowest BCUT2D eigenvalue weighted by molar-refractivity contribution is -0.0484. The fraction of sp³-hybridized carbons (Fsp3) is 0.538. The lowest BCUT2D eigenvalue weighted by Gasteiger charge is -2.27. The molecule has 1 aliphatic heterocycles. The van der Waals surface area contributed by atoms with Crippen molar-refractivity contribution < 1.29 is 14.6 Å². The van der Waals surface area contributed by atoms with Crippen LogP contribution in [0.4, 0.5) is 0 Å².